The number of hydrogen-bond acceptors (Lipinski definition) is 0. The van der Waals surface area contributed by atoms with Gasteiger partial charge in [-0.25, -0.2) is 0 Å². The zero-order valence-electron chi connectivity index (χ0n) is 18.8. The van der Waals surface area contributed by atoms with Crippen LogP contribution in [0.3, 0.4) is 0 Å². The van der Waals surface area contributed by atoms with Crippen LogP contribution in [0.25, 0.3) is 21.9 Å². The quantitative estimate of drug-likeness (QED) is 0.172. The Hall–Kier alpha value is -0.927. The fraction of sp³-hybridized carbons (Fsp3) is 0.148. The van der Waals surface area contributed by atoms with Crippen LogP contribution in [0.5, 0.6) is 0 Å². The van der Waals surface area contributed by atoms with Crippen molar-refractivity contribution in [1.29, 1.82) is 0 Å². The van der Waals surface area contributed by atoms with Crippen molar-refractivity contribution in [2.75, 3.05) is 26.7 Å². The molecular formula is C27H30Cl2P2Ru+2. The van der Waals surface area contributed by atoms with Crippen LogP contribution in [-0.2, 0) is 13.5 Å². The van der Waals surface area contributed by atoms with Crippen molar-refractivity contribution in [3.8, 4) is 11.1 Å². The maximum atomic E-state index is 5.67. The molecule has 0 bridgehead atoms. The number of hydrogen-bond donors (Lipinski definition) is 0. The van der Waals surface area contributed by atoms with Gasteiger partial charge in [0.05, 0.1) is 37.3 Å². The van der Waals surface area contributed by atoms with Gasteiger partial charge in [0.15, 0.2) is 0 Å². The Morgan fingerprint density at radius 2 is 1.22 bits per heavy atom. The Labute approximate surface area is 208 Å². The van der Waals surface area contributed by atoms with Crippen molar-refractivity contribution in [3.05, 3.63) is 96.6 Å². The molecule has 4 rings (SSSR count). The number of benzene rings is 4. The second-order valence-electron chi connectivity index (χ2n) is 7.97. The molecule has 0 nitrogen and oxygen atoms in total. The molecule has 0 unspecified atom stereocenters. The third kappa shape index (κ3) is 6.79. The molecule has 0 fully saturated rings. The first-order valence-corrected chi connectivity index (χ1v) is 21.0. The van der Waals surface area contributed by atoms with Crippen LogP contribution >= 0.6 is 35.2 Å². The maximum absolute atomic E-state index is 5.67. The van der Waals surface area contributed by atoms with Crippen molar-refractivity contribution < 1.29 is 13.5 Å². The molecule has 5 heteroatoms. The van der Waals surface area contributed by atoms with Crippen LogP contribution in [0.15, 0.2) is 91.0 Å². The van der Waals surface area contributed by atoms with Gasteiger partial charge < -0.3 is 0 Å². The first-order valence-electron chi connectivity index (χ1n) is 10.5. The average molecular weight is 588 g/mol. The molecule has 0 aromatic heterocycles. The zero-order valence-corrected chi connectivity index (χ0v) is 24.1. The predicted molar refractivity (Wildman–Crippen MR) is 152 cm³/mol. The van der Waals surface area contributed by atoms with E-state index in [0.29, 0.717) is 0 Å². The standard InChI is InChI=1S/C20H22P2.C7H6.2ClH.Ru/c1-21(2)18-12-8-7-11-17(18)20-16-10-6-5-9-15(16)13-14-19(20)22(3)4;1-7-5-3-2-4-6-7;;;/h5-14H,1-4H3;1-6H;2*1H;/q;;;;+2. The van der Waals surface area contributed by atoms with Gasteiger partial charge in [-0.2, -0.15) is 0 Å². The van der Waals surface area contributed by atoms with E-state index >= 15 is 0 Å². The van der Waals surface area contributed by atoms with E-state index < -0.39 is 29.4 Å². The van der Waals surface area contributed by atoms with Crippen molar-refractivity contribution in [2.45, 2.75) is 0 Å². The number of rotatable bonds is 4. The summed E-state index contributed by atoms with van der Waals surface area (Å²) in [6, 6.07) is 32.4. The van der Waals surface area contributed by atoms with E-state index in [4.69, 9.17) is 19.4 Å². The van der Waals surface area contributed by atoms with Gasteiger partial charge >= 0.3 is 73.4 Å². The third-order valence-electron chi connectivity index (χ3n) is 5.20. The van der Waals surface area contributed by atoms with E-state index in [2.05, 4.69) is 87.3 Å². The minimum atomic E-state index is -1.61. The second kappa shape index (κ2) is 12.5. The van der Waals surface area contributed by atoms with E-state index in [0.717, 1.165) is 5.56 Å². The van der Waals surface area contributed by atoms with Gasteiger partial charge in [-0.1, -0.05) is 48.5 Å². The summed E-state index contributed by atoms with van der Waals surface area (Å²) in [5, 5.41) is 5.86. The van der Waals surface area contributed by atoms with Crippen LogP contribution in [-0.4, -0.2) is 31.3 Å². The van der Waals surface area contributed by atoms with Crippen LogP contribution in [0.4, 0.5) is 0 Å². The van der Waals surface area contributed by atoms with Gasteiger partial charge in [-0.15, -0.1) is 0 Å². The molecule has 0 N–H and O–H groups in total. The van der Waals surface area contributed by atoms with E-state index in [1.807, 2.05) is 34.9 Å². The summed E-state index contributed by atoms with van der Waals surface area (Å²) in [4.78, 5) is 0. The van der Waals surface area contributed by atoms with Gasteiger partial charge in [0.2, 0.25) is 0 Å². The SMILES string of the molecule is C[PH+](C)c1ccccc1-c1c([PH+](C)C)ccc2ccccc12.[Cl][Ru]([Cl])=[CH]c1ccccc1. The molecule has 0 heterocycles. The molecule has 0 atom stereocenters. The van der Waals surface area contributed by atoms with Crippen molar-refractivity contribution in [1.82, 2.24) is 0 Å². The predicted octanol–water partition coefficient (Wildman–Crippen LogP) is 7.47. The molecule has 4 aromatic carbocycles. The van der Waals surface area contributed by atoms with Crippen molar-refractivity contribution in [2.24, 2.45) is 0 Å². The molecule has 0 saturated heterocycles. The number of halogens is 2. The summed E-state index contributed by atoms with van der Waals surface area (Å²) in [6.45, 7) is 9.56. The van der Waals surface area contributed by atoms with Crippen LogP contribution < -0.4 is 10.6 Å². The molecule has 32 heavy (non-hydrogen) atoms. The summed E-state index contributed by atoms with van der Waals surface area (Å²) in [7, 11) is 10.3. The van der Waals surface area contributed by atoms with Crippen LogP contribution in [0, 0.1) is 0 Å². The van der Waals surface area contributed by atoms with E-state index in [-0.39, 0.29) is 0 Å². The summed E-state index contributed by atoms with van der Waals surface area (Å²) >= 11 is -1.61. The first kappa shape index (κ1) is 25.7. The topological polar surface area (TPSA) is 0 Å². The van der Waals surface area contributed by atoms with Gasteiger partial charge in [0.1, 0.15) is 0 Å². The van der Waals surface area contributed by atoms with E-state index in [9.17, 15) is 0 Å². The van der Waals surface area contributed by atoms with Crippen molar-refractivity contribution >= 4 is 61.2 Å². The molecule has 0 radical (unpaired) electrons. The van der Waals surface area contributed by atoms with Crippen molar-refractivity contribution in [3.63, 3.8) is 0 Å². The Morgan fingerprint density at radius 1 is 0.625 bits per heavy atom. The summed E-state index contributed by atoms with van der Waals surface area (Å²) in [5.41, 5.74) is 4.06. The summed E-state index contributed by atoms with van der Waals surface area (Å²) in [6.07, 6.45) is 0. The molecule has 0 spiro atoms. The Morgan fingerprint density at radius 3 is 1.88 bits per heavy atom. The summed E-state index contributed by atoms with van der Waals surface area (Å²) in [5.74, 6) is 0. The monoisotopic (exact) mass is 588 g/mol. The Bertz CT molecular complexity index is 1200. The Balaban J connectivity index is 0.000000243. The molecule has 0 amide bonds. The minimum absolute atomic E-state index is 0.487. The number of fused-ring (bicyclic) bond motifs is 1. The van der Waals surface area contributed by atoms with Gasteiger partial charge in [0.25, 0.3) is 0 Å². The van der Waals surface area contributed by atoms with E-state index in [1.54, 1.807) is 10.6 Å². The first-order chi connectivity index (χ1) is 15.4. The Kier molecular flexibility index (Phi) is 10.0. The fourth-order valence-corrected chi connectivity index (χ4v) is 7.91. The van der Waals surface area contributed by atoms with Gasteiger partial charge in [-0.05, 0) is 22.9 Å². The van der Waals surface area contributed by atoms with Crippen LogP contribution in [0.2, 0.25) is 0 Å². The van der Waals surface area contributed by atoms with Gasteiger partial charge in [-0.3, -0.25) is 0 Å². The molecule has 0 aliphatic rings. The average Bonchev–Trinajstić information content (AvgIpc) is 2.79. The third-order valence-corrected chi connectivity index (χ3v) is 10.1. The molecule has 168 valence electrons. The fourth-order valence-electron chi connectivity index (χ4n) is 3.73. The van der Waals surface area contributed by atoms with Crippen LogP contribution in [0.1, 0.15) is 5.56 Å². The van der Waals surface area contributed by atoms with Gasteiger partial charge in [0, 0.05) is 27.0 Å². The van der Waals surface area contributed by atoms with E-state index in [1.165, 1.54) is 21.9 Å². The summed E-state index contributed by atoms with van der Waals surface area (Å²) < 4.78 is 1.92. The molecule has 4 aromatic rings. The second-order valence-corrected chi connectivity index (χ2v) is 18.8. The zero-order chi connectivity index (χ0) is 23.1. The molecule has 0 aliphatic heterocycles. The molecular weight excluding hydrogens is 558 g/mol. The normalized spacial score (nSPS) is 11.3. The molecule has 0 saturated carbocycles. The molecule has 0 aliphatic carbocycles.